The molecule has 5 heteroatoms. The summed E-state index contributed by atoms with van der Waals surface area (Å²) in [6.07, 6.45) is 0. The lowest BCUT2D eigenvalue weighted by Crippen LogP contribution is -2.31. The van der Waals surface area contributed by atoms with Gasteiger partial charge in [-0.05, 0) is 78.1 Å². The van der Waals surface area contributed by atoms with Gasteiger partial charge in [0.25, 0.3) is 0 Å². The Balaban J connectivity index is 1.39. The maximum atomic E-state index is 5.07. The lowest BCUT2D eigenvalue weighted by atomic mass is 9.71. The van der Waals surface area contributed by atoms with Crippen molar-refractivity contribution in [3.8, 4) is 22.0 Å². The quantitative estimate of drug-likeness (QED) is 0.238. The molecule has 0 fully saturated rings. The maximum absolute atomic E-state index is 5.07. The van der Waals surface area contributed by atoms with Crippen molar-refractivity contribution in [2.45, 2.75) is 26.2 Å². The van der Waals surface area contributed by atoms with E-state index in [9.17, 15) is 0 Å². The Morgan fingerprint density at radius 3 is 2.39 bits per heavy atom. The Hall–Kier alpha value is -4.35. The first-order chi connectivity index (χ1) is 18.5. The van der Waals surface area contributed by atoms with Crippen molar-refractivity contribution in [3.63, 3.8) is 0 Å². The summed E-state index contributed by atoms with van der Waals surface area (Å²) in [5.74, 6) is 0.768. The molecule has 1 aliphatic rings. The van der Waals surface area contributed by atoms with Gasteiger partial charge in [-0.2, -0.15) is 4.37 Å². The van der Waals surface area contributed by atoms with Crippen molar-refractivity contribution in [3.05, 3.63) is 120 Å². The normalized spacial score (nSPS) is 13.8. The van der Waals surface area contributed by atoms with E-state index in [2.05, 4.69) is 121 Å². The second kappa shape index (κ2) is 8.61. The monoisotopic (exact) mass is 510 g/mol. The number of benzene rings is 4. The highest BCUT2D eigenvalue weighted by molar-refractivity contribution is 7.09. The fourth-order valence-corrected chi connectivity index (χ4v) is 6.37. The summed E-state index contributed by atoms with van der Waals surface area (Å²) >= 11 is 1.45. The van der Waals surface area contributed by atoms with Crippen LogP contribution in [0.5, 0.6) is 0 Å². The molecule has 0 spiro atoms. The van der Waals surface area contributed by atoms with Crippen LogP contribution < -0.4 is 4.90 Å². The smallest absolute Gasteiger partial charge is 0.173 e. The zero-order chi connectivity index (χ0) is 25.9. The molecule has 7 rings (SSSR count). The molecule has 0 saturated heterocycles. The van der Waals surface area contributed by atoms with Gasteiger partial charge in [0.05, 0.1) is 16.9 Å². The van der Waals surface area contributed by atoms with Gasteiger partial charge in [-0.1, -0.05) is 68.4 Å². The molecule has 0 bridgehead atoms. The van der Waals surface area contributed by atoms with Crippen LogP contribution in [0.4, 0.5) is 17.1 Å². The topological polar surface area (TPSA) is 41.9 Å². The maximum Gasteiger partial charge on any atom is 0.173 e. The molecule has 0 saturated carbocycles. The van der Waals surface area contributed by atoms with Crippen LogP contribution in [0.15, 0.2) is 103 Å². The number of nitrogens with zero attached hydrogens (tertiary/aromatic N) is 4. The summed E-state index contributed by atoms with van der Waals surface area (Å²) in [6.45, 7) is 6.63. The Bertz CT molecular complexity index is 1820. The van der Waals surface area contributed by atoms with E-state index < -0.39 is 0 Å². The van der Waals surface area contributed by atoms with E-state index in [1.165, 1.54) is 34.0 Å². The SMILES string of the molecule is Cc1ccc2cc(-c3nc(-c4cccc5c4C(C)(C)c4ccccc4N5c4ccccc4)ns3)ccc2n1. The summed E-state index contributed by atoms with van der Waals surface area (Å²) in [5.41, 5.74) is 9.97. The van der Waals surface area contributed by atoms with Gasteiger partial charge in [0.2, 0.25) is 0 Å². The summed E-state index contributed by atoms with van der Waals surface area (Å²) in [4.78, 5) is 12.1. The van der Waals surface area contributed by atoms with Gasteiger partial charge in [-0.15, -0.1) is 0 Å². The second-order valence-electron chi connectivity index (χ2n) is 10.3. The Kier molecular flexibility index (Phi) is 5.17. The van der Waals surface area contributed by atoms with Crippen LogP contribution in [0.2, 0.25) is 0 Å². The molecular formula is C33H26N4S. The Labute approximate surface area is 226 Å². The third-order valence-electron chi connectivity index (χ3n) is 7.48. The number of rotatable bonds is 3. The van der Waals surface area contributed by atoms with E-state index >= 15 is 0 Å². The molecule has 0 amide bonds. The van der Waals surface area contributed by atoms with Crippen LogP contribution in [-0.4, -0.2) is 14.3 Å². The number of para-hydroxylation sites is 2. The molecule has 0 atom stereocenters. The first-order valence-corrected chi connectivity index (χ1v) is 13.6. The molecule has 0 radical (unpaired) electrons. The number of pyridine rings is 1. The highest BCUT2D eigenvalue weighted by atomic mass is 32.1. The van der Waals surface area contributed by atoms with Gasteiger partial charge in [0.15, 0.2) is 5.82 Å². The van der Waals surface area contributed by atoms with Crippen molar-refractivity contribution in [2.24, 2.45) is 0 Å². The number of aromatic nitrogens is 3. The van der Waals surface area contributed by atoms with Crippen LogP contribution >= 0.6 is 11.5 Å². The van der Waals surface area contributed by atoms with Crippen molar-refractivity contribution >= 4 is 39.5 Å². The van der Waals surface area contributed by atoms with E-state index in [1.54, 1.807) is 0 Å². The molecular weight excluding hydrogens is 484 g/mol. The van der Waals surface area contributed by atoms with Gasteiger partial charge < -0.3 is 4.90 Å². The molecule has 0 unspecified atom stereocenters. The molecule has 2 aromatic heterocycles. The minimum Gasteiger partial charge on any atom is -0.310 e. The van der Waals surface area contributed by atoms with E-state index in [0.717, 1.165) is 44.2 Å². The molecule has 0 N–H and O–H groups in total. The predicted molar refractivity (Wildman–Crippen MR) is 158 cm³/mol. The van der Waals surface area contributed by atoms with Crippen LogP contribution in [0.25, 0.3) is 32.9 Å². The molecule has 0 aliphatic carbocycles. The third kappa shape index (κ3) is 3.54. The molecule has 6 aromatic rings. The highest BCUT2D eigenvalue weighted by Crippen LogP contribution is 2.54. The van der Waals surface area contributed by atoms with Crippen molar-refractivity contribution < 1.29 is 0 Å². The summed E-state index contributed by atoms with van der Waals surface area (Å²) < 4.78 is 4.88. The average molecular weight is 511 g/mol. The van der Waals surface area contributed by atoms with Crippen molar-refractivity contribution in [1.29, 1.82) is 0 Å². The fraction of sp³-hybridized carbons (Fsp3) is 0.121. The number of aryl methyl sites for hydroxylation is 1. The lowest BCUT2D eigenvalue weighted by Gasteiger charge is -2.42. The van der Waals surface area contributed by atoms with Crippen LogP contribution in [0.3, 0.4) is 0 Å². The van der Waals surface area contributed by atoms with Gasteiger partial charge >= 0.3 is 0 Å². The van der Waals surface area contributed by atoms with Crippen LogP contribution in [0, 0.1) is 6.92 Å². The molecule has 4 aromatic carbocycles. The molecule has 4 nitrogen and oxygen atoms in total. The molecule has 184 valence electrons. The summed E-state index contributed by atoms with van der Waals surface area (Å²) in [5, 5.41) is 2.02. The standard InChI is InChI=1S/C33H26N4S/c1-21-16-17-22-20-23(18-19-27(22)34-21)32-35-31(36-38-32)25-12-9-15-29-30(25)33(2,3)26-13-7-8-14-28(26)37(29)24-10-5-4-6-11-24/h4-20H,1-3H3. The highest BCUT2D eigenvalue weighted by Gasteiger charge is 2.39. The fourth-order valence-electron chi connectivity index (χ4n) is 5.70. The first kappa shape index (κ1) is 22.8. The van der Waals surface area contributed by atoms with E-state index in [-0.39, 0.29) is 5.41 Å². The third-order valence-corrected chi connectivity index (χ3v) is 8.25. The Morgan fingerprint density at radius 2 is 1.53 bits per heavy atom. The molecule has 3 heterocycles. The van der Waals surface area contributed by atoms with Gasteiger partial charge in [0.1, 0.15) is 5.01 Å². The first-order valence-electron chi connectivity index (χ1n) is 12.8. The number of anilines is 3. The Morgan fingerprint density at radius 1 is 0.737 bits per heavy atom. The van der Waals surface area contributed by atoms with Gasteiger partial charge in [-0.25, -0.2) is 4.98 Å². The van der Waals surface area contributed by atoms with Gasteiger partial charge in [0, 0.05) is 33.3 Å². The van der Waals surface area contributed by atoms with Gasteiger partial charge in [-0.3, -0.25) is 4.98 Å². The largest absolute Gasteiger partial charge is 0.310 e. The molecule has 38 heavy (non-hydrogen) atoms. The minimum absolute atomic E-state index is 0.230. The lowest BCUT2D eigenvalue weighted by molar-refractivity contribution is 0.633. The van der Waals surface area contributed by atoms with Crippen LogP contribution in [0.1, 0.15) is 30.7 Å². The zero-order valence-electron chi connectivity index (χ0n) is 21.5. The molecule has 1 aliphatic heterocycles. The van der Waals surface area contributed by atoms with E-state index in [1.807, 2.05) is 13.0 Å². The number of fused-ring (bicyclic) bond motifs is 3. The minimum atomic E-state index is -0.230. The second-order valence-corrected chi connectivity index (χ2v) is 11.0. The van der Waals surface area contributed by atoms with Crippen molar-refractivity contribution in [1.82, 2.24) is 14.3 Å². The van der Waals surface area contributed by atoms with E-state index in [4.69, 9.17) is 9.36 Å². The average Bonchev–Trinajstić information content (AvgIpc) is 3.44. The van der Waals surface area contributed by atoms with Crippen molar-refractivity contribution in [2.75, 3.05) is 4.90 Å². The summed E-state index contributed by atoms with van der Waals surface area (Å²) in [6, 6.07) is 36.3. The van der Waals surface area contributed by atoms with Crippen LogP contribution in [-0.2, 0) is 5.41 Å². The number of hydrogen-bond donors (Lipinski definition) is 0. The number of hydrogen-bond acceptors (Lipinski definition) is 5. The van der Waals surface area contributed by atoms with E-state index in [0.29, 0.717) is 0 Å². The zero-order valence-corrected chi connectivity index (χ0v) is 22.3. The summed E-state index contributed by atoms with van der Waals surface area (Å²) in [7, 11) is 0. The predicted octanol–water partition coefficient (Wildman–Crippen LogP) is 8.84.